The summed E-state index contributed by atoms with van der Waals surface area (Å²) >= 11 is 0. The number of carbonyl (C=O) groups excluding carboxylic acids is 1. The monoisotopic (exact) mass is 396 g/mol. The van der Waals surface area contributed by atoms with Gasteiger partial charge in [-0.25, -0.2) is 0 Å². The van der Waals surface area contributed by atoms with Gasteiger partial charge in [0.25, 0.3) is 0 Å². The predicted octanol–water partition coefficient (Wildman–Crippen LogP) is 2.02. The van der Waals surface area contributed by atoms with E-state index in [4.69, 9.17) is 14.5 Å². The van der Waals surface area contributed by atoms with Crippen LogP contribution >= 0.6 is 0 Å². The summed E-state index contributed by atoms with van der Waals surface area (Å²) in [6.45, 7) is 10.3. The Morgan fingerprint density at radius 1 is 1.11 bits per heavy atom. The molecule has 1 heterocycles. The van der Waals surface area contributed by atoms with Crippen molar-refractivity contribution in [2.24, 2.45) is 16.8 Å². The van der Waals surface area contributed by atoms with Gasteiger partial charge >= 0.3 is 5.97 Å². The molecule has 1 saturated carbocycles. The lowest BCUT2D eigenvalue weighted by atomic mass is 9.86. The van der Waals surface area contributed by atoms with Gasteiger partial charge in [0, 0.05) is 32.8 Å². The molecule has 0 aromatic heterocycles. The molecule has 2 fully saturated rings. The fourth-order valence-corrected chi connectivity index (χ4v) is 4.08. The zero-order valence-corrected chi connectivity index (χ0v) is 18.0. The summed E-state index contributed by atoms with van der Waals surface area (Å²) in [5, 5.41) is 6.97. The molecule has 0 spiro atoms. The van der Waals surface area contributed by atoms with Crippen LogP contribution in [0.3, 0.4) is 0 Å². The van der Waals surface area contributed by atoms with E-state index < -0.39 is 0 Å². The van der Waals surface area contributed by atoms with Gasteiger partial charge in [-0.1, -0.05) is 0 Å². The van der Waals surface area contributed by atoms with Crippen LogP contribution in [0, 0.1) is 11.8 Å². The molecule has 28 heavy (non-hydrogen) atoms. The second kappa shape index (κ2) is 13.0. The molecule has 0 aromatic carbocycles. The molecule has 0 unspecified atom stereocenters. The predicted molar refractivity (Wildman–Crippen MR) is 113 cm³/mol. The summed E-state index contributed by atoms with van der Waals surface area (Å²) in [7, 11) is 1.76. The Labute approximate surface area is 170 Å². The first-order chi connectivity index (χ1) is 13.7. The minimum absolute atomic E-state index is 0.0293. The molecule has 2 aliphatic rings. The molecule has 1 aliphatic carbocycles. The van der Waals surface area contributed by atoms with Gasteiger partial charge < -0.3 is 25.0 Å². The fraction of sp³-hybridized carbons (Fsp3) is 0.905. The molecule has 0 radical (unpaired) electrons. The Morgan fingerprint density at radius 3 is 2.43 bits per heavy atom. The zero-order chi connectivity index (χ0) is 20.2. The number of rotatable bonds is 9. The van der Waals surface area contributed by atoms with E-state index in [2.05, 4.69) is 22.5 Å². The molecule has 0 aromatic rings. The highest BCUT2D eigenvalue weighted by Gasteiger charge is 2.27. The van der Waals surface area contributed by atoms with Crippen molar-refractivity contribution in [1.29, 1.82) is 0 Å². The maximum atomic E-state index is 11.9. The van der Waals surface area contributed by atoms with Crippen LogP contribution < -0.4 is 10.6 Å². The molecule has 0 amide bonds. The van der Waals surface area contributed by atoms with Crippen LogP contribution in [-0.4, -0.2) is 75.9 Å². The number of nitrogens with zero attached hydrogens (tertiary/aromatic N) is 2. The molecule has 0 bridgehead atoms. The zero-order valence-electron chi connectivity index (χ0n) is 18.0. The maximum absolute atomic E-state index is 11.9. The number of carbonyl (C=O) groups is 1. The van der Waals surface area contributed by atoms with Crippen molar-refractivity contribution in [1.82, 2.24) is 15.5 Å². The standard InChI is InChI=1S/C21H40N4O3/c1-4-22-21(23-16-17-10-12-25(13-11-17)14-15-27-3)24-19-8-6-18(7-9-19)20(26)28-5-2/h17-19H,4-16H2,1-3H3,(H2,22,23,24). The molecule has 2 rings (SSSR count). The van der Waals surface area contributed by atoms with Crippen molar-refractivity contribution in [2.45, 2.75) is 58.4 Å². The summed E-state index contributed by atoms with van der Waals surface area (Å²) in [4.78, 5) is 19.2. The van der Waals surface area contributed by atoms with Gasteiger partial charge in [0.05, 0.1) is 19.1 Å². The lowest BCUT2D eigenvalue weighted by Gasteiger charge is -2.31. The van der Waals surface area contributed by atoms with E-state index in [0.717, 1.165) is 71.0 Å². The number of aliphatic imine (C=N–C) groups is 1. The summed E-state index contributed by atoms with van der Waals surface area (Å²) in [6.07, 6.45) is 6.19. The summed E-state index contributed by atoms with van der Waals surface area (Å²) in [5.41, 5.74) is 0. The minimum atomic E-state index is -0.0293. The van der Waals surface area contributed by atoms with Crippen molar-refractivity contribution in [2.75, 3.05) is 53.0 Å². The Bertz CT molecular complexity index is 470. The first kappa shape index (κ1) is 22.9. The third-order valence-corrected chi connectivity index (χ3v) is 5.86. The van der Waals surface area contributed by atoms with Crippen LogP contribution in [-0.2, 0) is 14.3 Å². The van der Waals surface area contributed by atoms with Gasteiger partial charge in [0.2, 0.25) is 0 Å². The van der Waals surface area contributed by atoms with Crippen LogP contribution in [0.5, 0.6) is 0 Å². The Balaban J connectivity index is 1.73. The molecule has 1 saturated heterocycles. The van der Waals surface area contributed by atoms with Crippen molar-refractivity contribution >= 4 is 11.9 Å². The van der Waals surface area contributed by atoms with E-state index in [1.807, 2.05) is 6.92 Å². The van der Waals surface area contributed by atoms with Crippen molar-refractivity contribution < 1.29 is 14.3 Å². The molecule has 7 nitrogen and oxygen atoms in total. The van der Waals surface area contributed by atoms with Gasteiger partial charge in [-0.2, -0.15) is 0 Å². The van der Waals surface area contributed by atoms with Gasteiger partial charge in [0.1, 0.15) is 0 Å². The molecule has 7 heteroatoms. The van der Waals surface area contributed by atoms with Crippen molar-refractivity contribution in [3.63, 3.8) is 0 Å². The summed E-state index contributed by atoms with van der Waals surface area (Å²) < 4.78 is 10.3. The summed E-state index contributed by atoms with van der Waals surface area (Å²) in [5.74, 6) is 1.62. The first-order valence-corrected chi connectivity index (χ1v) is 11.1. The van der Waals surface area contributed by atoms with E-state index >= 15 is 0 Å². The van der Waals surface area contributed by atoms with E-state index in [1.54, 1.807) is 7.11 Å². The van der Waals surface area contributed by atoms with E-state index in [-0.39, 0.29) is 11.9 Å². The van der Waals surface area contributed by atoms with Crippen LogP contribution in [0.25, 0.3) is 0 Å². The van der Waals surface area contributed by atoms with Crippen molar-refractivity contribution in [3.8, 4) is 0 Å². The van der Waals surface area contributed by atoms with Crippen molar-refractivity contribution in [3.05, 3.63) is 0 Å². The van der Waals surface area contributed by atoms with Gasteiger partial charge in [-0.05, 0) is 71.4 Å². The lowest BCUT2D eigenvalue weighted by molar-refractivity contribution is -0.149. The third kappa shape index (κ3) is 7.95. The molecular formula is C21H40N4O3. The number of likely N-dealkylation sites (tertiary alicyclic amines) is 1. The van der Waals surface area contributed by atoms with Gasteiger partial charge in [0.15, 0.2) is 5.96 Å². The average molecular weight is 397 g/mol. The number of methoxy groups -OCH3 is 1. The topological polar surface area (TPSA) is 75.2 Å². The second-order valence-electron chi connectivity index (χ2n) is 7.94. The highest BCUT2D eigenvalue weighted by molar-refractivity contribution is 5.80. The molecule has 1 aliphatic heterocycles. The smallest absolute Gasteiger partial charge is 0.308 e. The first-order valence-electron chi connectivity index (χ1n) is 11.1. The van der Waals surface area contributed by atoms with Gasteiger partial charge in [-0.15, -0.1) is 0 Å². The number of hydrogen-bond donors (Lipinski definition) is 2. The number of nitrogens with one attached hydrogen (secondary N) is 2. The Morgan fingerprint density at radius 2 is 1.82 bits per heavy atom. The van der Waals surface area contributed by atoms with E-state index in [0.29, 0.717) is 18.6 Å². The largest absolute Gasteiger partial charge is 0.466 e. The number of ether oxygens (including phenoxy) is 2. The average Bonchev–Trinajstić information content (AvgIpc) is 2.72. The quantitative estimate of drug-likeness (QED) is 0.353. The third-order valence-electron chi connectivity index (χ3n) is 5.86. The molecule has 2 N–H and O–H groups in total. The van der Waals surface area contributed by atoms with Crippen LogP contribution in [0.1, 0.15) is 52.4 Å². The normalized spacial score (nSPS) is 24.8. The lowest BCUT2D eigenvalue weighted by Crippen LogP contribution is -2.45. The summed E-state index contributed by atoms with van der Waals surface area (Å²) in [6, 6.07) is 0.388. The second-order valence-corrected chi connectivity index (χ2v) is 7.94. The van der Waals surface area contributed by atoms with Crippen LogP contribution in [0.2, 0.25) is 0 Å². The van der Waals surface area contributed by atoms with Gasteiger partial charge in [-0.3, -0.25) is 9.79 Å². The molecule has 162 valence electrons. The highest BCUT2D eigenvalue weighted by Crippen LogP contribution is 2.25. The SMILES string of the molecule is CCNC(=NCC1CCN(CCOC)CC1)NC1CCC(C(=O)OCC)CC1. The fourth-order valence-electron chi connectivity index (χ4n) is 4.08. The molecule has 0 atom stereocenters. The van der Waals surface area contributed by atoms with Crippen LogP contribution in [0.15, 0.2) is 4.99 Å². The number of esters is 1. The Hall–Kier alpha value is -1.34. The van der Waals surface area contributed by atoms with E-state index in [9.17, 15) is 4.79 Å². The highest BCUT2D eigenvalue weighted by atomic mass is 16.5. The molecular weight excluding hydrogens is 356 g/mol. The van der Waals surface area contributed by atoms with E-state index in [1.165, 1.54) is 12.8 Å². The number of guanidine groups is 1. The number of hydrogen-bond acceptors (Lipinski definition) is 5. The maximum Gasteiger partial charge on any atom is 0.308 e. The number of piperidine rings is 1. The minimum Gasteiger partial charge on any atom is -0.466 e. The Kier molecular flexibility index (Phi) is 10.6. The van der Waals surface area contributed by atoms with Crippen LogP contribution in [0.4, 0.5) is 0 Å².